The molecule has 0 aromatic carbocycles. The average Bonchev–Trinajstić information content (AvgIpc) is 3.25. The van der Waals surface area contributed by atoms with Crippen molar-refractivity contribution in [2.45, 2.75) is 75.9 Å². The lowest BCUT2D eigenvalue weighted by atomic mass is 10.00. The summed E-state index contributed by atoms with van der Waals surface area (Å²) in [4.78, 5) is 2.42. The smallest absolute Gasteiger partial charge is 0.228 e. The number of aromatic nitrogens is 7. The summed E-state index contributed by atoms with van der Waals surface area (Å²) < 4.78 is 4.28. The first kappa shape index (κ1) is 17.8. The fourth-order valence-corrected chi connectivity index (χ4v) is 4.31. The average molecular weight is 377 g/mol. The molecule has 0 unspecified atom stereocenters. The van der Waals surface area contributed by atoms with Gasteiger partial charge in [0.1, 0.15) is 0 Å². The molecule has 142 valence electrons. The summed E-state index contributed by atoms with van der Waals surface area (Å²) in [6.45, 7) is 7.58. The number of piperidine rings is 1. The van der Waals surface area contributed by atoms with E-state index in [1.54, 1.807) is 11.8 Å². The molecule has 8 nitrogen and oxygen atoms in total. The van der Waals surface area contributed by atoms with Gasteiger partial charge in [0.2, 0.25) is 5.95 Å². The van der Waals surface area contributed by atoms with Crippen LogP contribution in [0.25, 0.3) is 0 Å². The Balaban J connectivity index is 1.46. The Labute approximate surface area is 158 Å². The third-order valence-electron chi connectivity index (χ3n) is 5.28. The maximum Gasteiger partial charge on any atom is 0.228 e. The quantitative estimate of drug-likeness (QED) is 0.656. The summed E-state index contributed by atoms with van der Waals surface area (Å²) in [7, 11) is 0. The first-order chi connectivity index (χ1) is 12.8. The van der Waals surface area contributed by atoms with Crippen LogP contribution in [-0.4, -0.2) is 48.1 Å². The van der Waals surface area contributed by atoms with Crippen LogP contribution in [0.15, 0.2) is 5.16 Å². The van der Waals surface area contributed by atoms with Gasteiger partial charge in [-0.2, -0.15) is 0 Å². The molecule has 3 heterocycles. The van der Waals surface area contributed by atoms with E-state index in [-0.39, 0.29) is 0 Å². The number of hydrogen-bond acceptors (Lipinski definition) is 7. The lowest BCUT2D eigenvalue weighted by Crippen LogP contribution is -2.34. The highest BCUT2D eigenvalue weighted by atomic mass is 32.2. The number of anilines is 1. The van der Waals surface area contributed by atoms with Crippen LogP contribution in [0, 0.1) is 5.92 Å². The minimum atomic E-state index is 0.568. The number of aryl methyl sites for hydroxylation is 1. The molecule has 1 aliphatic carbocycles. The van der Waals surface area contributed by atoms with E-state index in [2.05, 4.69) is 49.0 Å². The van der Waals surface area contributed by atoms with Gasteiger partial charge in [-0.05, 0) is 48.4 Å². The molecule has 0 N–H and O–H groups in total. The molecule has 1 aliphatic heterocycles. The van der Waals surface area contributed by atoms with Crippen LogP contribution in [0.5, 0.6) is 0 Å². The highest BCUT2D eigenvalue weighted by Gasteiger charge is 2.32. The SMILES string of the molecule is CCCCn1nnnc1CSc1nnc(N2CCC(C)CC2)n1C1CC1. The van der Waals surface area contributed by atoms with Crippen molar-refractivity contribution in [2.75, 3.05) is 18.0 Å². The van der Waals surface area contributed by atoms with Crippen LogP contribution < -0.4 is 4.90 Å². The van der Waals surface area contributed by atoms with Crippen LogP contribution in [0.2, 0.25) is 0 Å². The van der Waals surface area contributed by atoms with Gasteiger partial charge in [-0.15, -0.1) is 15.3 Å². The van der Waals surface area contributed by atoms with Gasteiger partial charge in [-0.1, -0.05) is 32.0 Å². The number of thioether (sulfide) groups is 1. The van der Waals surface area contributed by atoms with Gasteiger partial charge in [0.05, 0.1) is 5.75 Å². The molecule has 2 aromatic rings. The Kier molecular flexibility index (Phi) is 5.42. The maximum atomic E-state index is 4.56. The predicted octanol–water partition coefficient (Wildman–Crippen LogP) is 2.93. The fraction of sp³-hybridized carbons (Fsp3) is 0.824. The summed E-state index contributed by atoms with van der Waals surface area (Å²) in [6, 6.07) is 0.568. The van der Waals surface area contributed by atoms with Crippen molar-refractivity contribution < 1.29 is 0 Å². The molecule has 0 amide bonds. The van der Waals surface area contributed by atoms with Crippen LogP contribution >= 0.6 is 11.8 Å². The first-order valence-corrected chi connectivity index (χ1v) is 10.8. The zero-order valence-corrected chi connectivity index (χ0v) is 16.5. The maximum absolute atomic E-state index is 4.56. The third-order valence-corrected chi connectivity index (χ3v) is 6.22. The Morgan fingerprint density at radius 1 is 1.08 bits per heavy atom. The van der Waals surface area contributed by atoms with Crippen molar-refractivity contribution >= 4 is 17.7 Å². The number of unbranched alkanes of at least 4 members (excludes halogenated alkanes) is 1. The fourth-order valence-electron chi connectivity index (χ4n) is 3.38. The van der Waals surface area contributed by atoms with Gasteiger partial charge in [0.25, 0.3) is 0 Å². The molecule has 0 radical (unpaired) electrons. The van der Waals surface area contributed by atoms with Crippen molar-refractivity contribution in [3.05, 3.63) is 5.82 Å². The molecular weight excluding hydrogens is 348 g/mol. The Morgan fingerprint density at radius 2 is 1.88 bits per heavy atom. The topological polar surface area (TPSA) is 77.5 Å². The molecule has 4 rings (SSSR count). The molecule has 1 saturated carbocycles. The lowest BCUT2D eigenvalue weighted by molar-refractivity contribution is 0.429. The molecule has 0 spiro atoms. The number of hydrogen-bond donors (Lipinski definition) is 0. The van der Waals surface area contributed by atoms with Gasteiger partial charge in [0.15, 0.2) is 11.0 Å². The molecule has 2 aromatic heterocycles. The molecule has 9 heteroatoms. The molecular formula is C17H28N8S. The second-order valence-corrected chi connectivity index (χ2v) is 8.46. The minimum absolute atomic E-state index is 0.568. The summed E-state index contributed by atoms with van der Waals surface area (Å²) in [6.07, 6.45) is 7.19. The van der Waals surface area contributed by atoms with E-state index in [9.17, 15) is 0 Å². The van der Waals surface area contributed by atoms with E-state index < -0.39 is 0 Å². The van der Waals surface area contributed by atoms with E-state index in [1.807, 2.05) is 4.68 Å². The van der Waals surface area contributed by atoms with Crippen molar-refractivity contribution in [3.63, 3.8) is 0 Å². The van der Waals surface area contributed by atoms with E-state index in [4.69, 9.17) is 0 Å². The van der Waals surface area contributed by atoms with Gasteiger partial charge in [-0.3, -0.25) is 4.57 Å². The molecule has 2 fully saturated rings. The van der Waals surface area contributed by atoms with Gasteiger partial charge in [-0.25, -0.2) is 4.68 Å². The molecule has 0 atom stereocenters. The van der Waals surface area contributed by atoms with Crippen LogP contribution in [-0.2, 0) is 12.3 Å². The van der Waals surface area contributed by atoms with E-state index in [0.29, 0.717) is 6.04 Å². The van der Waals surface area contributed by atoms with Gasteiger partial charge >= 0.3 is 0 Å². The number of tetrazole rings is 1. The third kappa shape index (κ3) is 3.87. The number of nitrogens with zero attached hydrogens (tertiary/aromatic N) is 8. The van der Waals surface area contributed by atoms with Crippen molar-refractivity contribution in [1.29, 1.82) is 0 Å². The summed E-state index contributed by atoms with van der Waals surface area (Å²) in [5, 5.41) is 22.2. The molecule has 1 saturated heterocycles. The van der Waals surface area contributed by atoms with Gasteiger partial charge < -0.3 is 4.90 Å². The van der Waals surface area contributed by atoms with Crippen molar-refractivity contribution in [3.8, 4) is 0 Å². The van der Waals surface area contributed by atoms with E-state index >= 15 is 0 Å². The summed E-state index contributed by atoms with van der Waals surface area (Å²) in [5.41, 5.74) is 0. The summed E-state index contributed by atoms with van der Waals surface area (Å²) >= 11 is 1.71. The molecule has 0 bridgehead atoms. The largest absolute Gasteiger partial charge is 0.341 e. The highest BCUT2D eigenvalue weighted by molar-refractivity contribution is 7.98. The zero-order valence-electron chi connectivity index (χ0n) is 15.7. The normalized spacial score (nSPS) is 18.6. The zero-order chi connectivity index (χ0) is 17.9. The highest BCUT2D eigenvalue weighted by Crippen LogP contribution is 2.41. The Morgan fingerprint density at radius 3 is 2.62 bits per heavy atom. The van der Waals surface area contributed by atoms with Crippen molar-refractivity contribution in [1.82, 2.24) is 35.0 Å². The molecule has 26 heavy (non-hydrogen) atoms. The van der Waals surface area contributed by atoms with Gasteiger partial charge in [0, 0.05) is 25.7 Å². The van der Waals surface area contributed by atoms with E-state index in [1.165, 1.54) is 25.7 Å². The standard InChI is InChI=1S/C17H28N8S/c1-3-4-9-24-15(18-21-22-24)12-26-17-20-19-16(25(17)14-5-6-14)23-10-7-13(2)8-11-23/h13-14H,3-12H2,1-2H3. The Bertz CT molecular complexity index is 714. The lowest BCUT2D eigenvalue weighted by Gasteiger charge is -2.31. The summed E-state index contributed by atoms with van der Waals surface area (Å²) in [5.74, 6) is 3.53. The second kappa shape index (κ2) is 7.94. The minimum Gasteiger partial charge on any atom is -0.341 e. The second-order valence-electron chi connectivity index (χ2n) is 7.51. The van der Waals surface area contributed by atoms with Crippen molar-refractivity contribution in [2.24, 2.45) is 5.92 Å². The first-order valence-electron chi connectivity index (χ1n) is 9.84. The van der Waals surface area contributed by atoms with Crippen LogP contribution in [0.4, 0.5) is 5.95 Å². The predicted molar refractivity (Wildman–Crippen MR) is 101 cm³/mol. The Hall–Kier alpha value is -1.64. The van der Waals surface area contributed by atoms with Crippen LogP contribution in [0.1, 0.15) is 64.2 Å². The number of rotatable bonds is 8. The van der Waals surface area contributed by atoms with E-state index in [0.717, 1.165) is 61.1 Å². The monoisotopic (exact) mass is 376 g/mol. The molecule has 2 aliphatic rings. The van der Waals surface area contributed by atoms with Crippen LogP contribution in [0.3, 0.4) is 0 Å².